The van der Waals surface area contributed by atoms with Crippen molar-refractivity contribution < 1.29 is 4.74 Å². The minimum Gasteiger partial charge on any atom is -0.373 e. The van der Waals surface area contributed by atoms with Crippen molar-refractivity contribution in [2.24, 2.45) is 10.9 Å². The number of hydrogen-bond donors (Lipinski definition) is 2. The molecule has 2 aliphatic rings. The highest BCUT2D eigenvalue weighted by atomic mass is 127. The summed E-state index contributed by atoms with van der Waals surface area (Å²) in [6.45, 7) is 8.26. The topological polar surface area (TPSA) is 76.4 Å². The average Bonchev–Trinajstić information content (AvgIpc) is 3.20. The van der Waals surface area contributed by atoms with E-state index in [9.17, 15) is 0 Å². The molecule has 1 saturated heterocycles. The third kappa shape index (κ3) is 6.19. The van der Waals surface area contributed by atoms with Gasteiger partial charge < -0.3 is 19.9 Å². The van der Waals surface area contributed by atoms with Crippen LogP contribution in [0.15, 0.2) is 29.3 Å². The van der Waals surface area contributed by atoms with Gasteiger partial charge in [-0.2, -0.15) is 0 Å². The van der Waals surface area contributed by atoms with Crippen molar-refractivity contribution in [1.82, 2.24) is 25.4 Å². The van der Waals surface area contributed by atoms with Gasteiger partial charge in [0, 0.05) is 38.6 Å². The molecular formula is C23H35IN6O. The molecule has 0 radical (unpaired) electrons. The summed E-state index contributed by atoms with van der Waals surface area (Å²) in [5, 5.41) is 15.6. The van der Waals surface area contributed by atoms with E-state index >= 15 is 0 Å². The fourth-order valence-corrected chi connectivity index (χ4v) is 4.38. The van der Waals surface area contributed by atoms with Crippen LogP contribution in [0.4, 0.5) is 0 Å². The number of aryl methyl sites for hydroxylation is 2. The maximum absolute atomic E-state index is 6.17. The maximum atomic E-state index is 6.17. The van der Waals surface area contributed by atoms with E-state index in [4.69, 9.17) is 9.73 Å². The second-order valence-electron chi connectivity index (χ2n) is 8.32. The summed E-state index contributed by atoms with van der Waals surface area (Å²) in [6.07, 6.45) is 5.83. The van der Waals surface area contributed by atoms with E-state index in [-0.39, 0.29) is 30.1 Å². The van der Waals surface area contributed by atoms with Crippen LogP contribution in [0.3, 0.4) is 0 Å². The quantitative estimate of drug-likeness (QED) is 0.333. The Morgan fingerprint density at radius 3 is 2.81 bits per heavy atom. The number of aromatic nitrogens is 3. The van der Waals surface area contributed by atoms with Crippen LogP contribution in [-0.2, 0) is 24.2 Å². The van der Waals surface area contributed by atoms with Gasteiger partial charge in [-0.15, -0.1) is 34.2 Å². The molecule has 170 valence electrons. The van der Waals surface area contributed by atoms with Crippen LogP contribution in [0.25, 0.3) is 0 Å². The van der Waals surface area contributed by atoms with E-state index in [1.165, 1.54) is 24.0 Å². The van der Waals surface area contributed by atoms with Crippen molar-refractivity contribution in [2.75, 3.05) is 19.7 Å². The molecule has 31 heavy (non-hydrogen) atoms. The largest absolute Gasteiger partial charge is 0.373 e. The first-order chi connectivity index (χ1) is 14.7. The van der Waals surface area contributed by atoms with Gasteiger partial charge in [0.2, 0.25) is 0 Å². The van der Waals surface area contributed by atoms with Crippen LogP contribution in [0.5, 0.6) is 0 Å². The fraction of sp³-hybridized carbons (Fsp3) is 0.609. The lowest BCUT2D eigenvalue weighted by Crippen LogP contribution is -2.42. The Morgan fingerprint density at radius 2 is 2.00 bits per heavy atom. The van der Waals surface area contributed by atoms with Crippen LogP contribution in [-0.4, -0.2) is 40.4 Å². The van der Waals surface area contributed by atoms with Gasteiger partial charge >= 0.3 is 0 Å². The Bertz CT molecular complexity index is 850. The van der Waals surface area contributed by atoms with E-state index in [0.29, 0.717) is 12.5 Å². The van der Waals surface area contributed by atoms with Crippen LogP contribution < -0.4 is 10.6 Å². The van der Waals surface area contributed by atoms with Gasteiger partial charge in [0.15, 0.2) is 11.8 Å². The van der Waals surface area contributed by atoms with E-state index in [1.807, 2.05) is 0 Å². The molecule has 2 aromatic rings. The zero-order valence-electron chi connectivity index (χ0n) is 18.6. The third-order valence-electron chi connectivity index (χ3n) is 6.04. The minimum atomic E-state index is 0. The van der Waals surface area contributed by atoms with Gasteiger partial charge in [0.1, 0.15) is 12.4 Å². The molecule has 0 bridgehead atoms. The minimum absolute atomic E-state index is 0. The maximum Gasteiger partial charge on any atom is 0.191 e. The molecule has 2 aliphatic heterocycles. The number of fused-ring (bicyclic) bond motifs is 1. The summed E-state index contributed by atoms with van der Waals surface area (Å²) in [7, 11) is 0. The summed E-state index contributed by atoms with van der Waals surface area (Å²) < 4.78 is 8.40. The van der Waals surface area contributed by atoms with Crippen LogP contribution in [0.1, 0.15) is 61.5 Å². The van der Waals surface area contributed by atoms with Gasteiger partial charge in [-0.3, -0.25) is 0 Å². The van der Waals surface area contributed by atoms with Crippen molar-refractivity contribution in [1.29, 1.82) is 0 Å². The number of ether oxygens (including phenoxy) is 1. The third-order valence-corrected chi connectivity index (χ3v) is 6.04. The Morgan fingerprint density at radius 1 is 1.16 bits per heavy atom. The van der Waals surface area contributed by atoms with Gasteiger partial charge in [-0.1, -0.05) is 29.8 Å². The van der Waals surface area contributed by atoms with Crippen molar-refractivity contribution in [3.63, 3.8) is 0 Å². The number of aliphatic imine (C=N–C) groups is 1. The summed E-state index contributed by atoms with van der Waals surface area (Å²) in [4.78, 5) is 4.79. The number of hydrogen-bond acceptors (Lipinski definition) is 4. The number of rotatable bonds is 6. The van der Waals surface area contributed by atoms with Crippen molar-refractivity contribution in [2.45, 2.75) is 65.1 Å². The second kappa shape index (κ2) is 11.8. The fourth-order valence-electron chi connectivity index (χ4n) is 4.38. The smallest absolute Gasteiger partial charge is 0.191 e. The first-order valence-electron chi connectivity index (χ1n) is 11.4. The number of benzene rings is 1. The number of nitrogens with one attached hydrogen (secondary N) is 2. The number of halogens is 1. The molecule has 7 nitrogen and oxygen atoms in total. The molecule has 0 aliphatic carbocycles. The van der Waals surface area contributed by atoms with Crippen LogP contribution in [0, 0.1) is 12.8 Å². The Kier molecular flexibility index (Phi) is 9.13. The zero-order chi connectivity index (χ0) is 20.8. The van der Waals surface area contributed by atoms with Crippen LogP contribution in [0.2, 0.25) is 0 Å². The van der Waals surface area contributed by atoms with E-state index < -0.39 is 0 Å². The molecule has 1 aromatic carbocycles. The monoisotopic (exact) mass is 538 g/mol. The molecule has 2 N–H and O–H groups in total. The molecule has 1 fully saturated rings. The van der Waals surface area contributed by atoms with Crippen molar-refractivity contribution in [3.8, 4) is 0 Å². The lowest BCUT2D eigenvalue weighted by Gasteiger charge is -2.32. The summed E-state index contributed by atoms with van der Waals surface area (Å²) in [5.74, 6) is 3.31. The molecule has 2 unspecified atom stereocenters. The van der Waals surface area contributed by atoms with E-state index in [0.717, 1.165) is 63.1 Å². The van der Waals surface area contributed by atoms with Gasteiger partial charge in [-0.05, 0) is 45.1 Å². The first-order valence-corrected chi connectivity index (χ1v) is 11.4. The lowest BCUT2D eigenvalue weighted by molar-refractivity contribution is -0.0265. The molecule has 0 saturated carbocycles. The highest BCUT2D eigenvalue weighted by Gasteiger charge is 2.27. The van der Waals surface area contributed by atoms with E-state index in [1.54, 1.807) is 0 Å². The average molecular weight is 538 g/mol. The highest BCUT2D eigenvalue weighted by molar-refractivity contribution is 14.0. The predicted molar refractivity (Wildman–Crippen MR) is 134 cm³/mol. The summed E-state index contributed by atoms with van der Waals surface area (Å²) in [6, 6.07) is 8.74. The van der Waals surface area contributed by atoms with Crippen molar-refractivity contribution in [3.05, 3.63) is 47.0 Å². The first kappa shape index (κ1) is 24.0. The summed E-state index contributed by atoms with van der Waals surface area (Å²) in [5.41, 5.74) is 2.55. The lowest BCUT2D eigenvalue weighted by atomic mass is 9.89. The molecule has 8 heteroatoms. The Labute approximate surface area is 202 Å². The highest BCUT2D eigenvalue weighted by Crippen LogP contribution is 2.33. The number of nitrogens with zero attached hydrogens (tertiary/aromatic N) is 4. The van der Waals surface area contributed by atoms with Gasteiger partial charge in [0.05, 0.1) is 6.10 Å². The molecule has 0 spiro atoms. The Balaban J connectivity index is 0.00000272. The van der Waals surface area contributed by atoms with Crippen molar-refractivity contribution >= 4 is 29.9 Å². The van der Waals surface area contributed by atoms with Crippen LogP contribution >= 0.6 is 24.0 Å². The molecule has 3 heterocycles. The summed E-state index contributed by atoms with van der Waals surface area (Å²) >= 11 is 0. The van der Waals surface area contributed by atoms with E-state index in [2.05, 4.69) is 63.5 Å². The molecule has 1 aromatic heterocycles. The normalized spacial score (nSPS) is 21.2. The van der Waals surface area contributed by atoms with Gasteiger partial charge in [0.25, 0.3) is 0 Å². The molecule has 4 rings (SSSR count). The standard InChI is InChI=1S/C23H34N6O.HI/c1-3-24-23(26-16-21-28-27-20-8-4-5-13-29(20)21)25-15-19-7-6-14-30-22(19)18-11-9-17(2)10-12-18;/h9-12,19,22H,3-8,13-16H2,1-2H3,(H2,24,25,26);1H. The molecule has 2 atom stereocenters. The predicted octanol–water partition coefficient (Wildman–Crippen LogP) is 3.76. The Hall–Kier alpha value is -1.68. The zero-order valence-corrected chi connectivity index (χ0v) is 21.0. The second-order valence-corrected chi connectivity index (χ2v) is 8.32. The SMILES string of the molecule is CCNC(=NCc1nnc2n1CCCC2)NCC1CCCOC1c1ccc(C)cc1.I. The number of guanidine groups is 1. The molecular weight excluding hydrogens is 503 g/mol. The molecule has 0 amide bonds. The van der Waals surface area contributed by atoms with Gasteiger partial charge in [-0.25, -0.2) is 4.99 Å².